The molecule has 0 saturated carbocycles. The number of ether oxygens (including phenoxy) is 1. The van der Waals surface area contributed by atoms with Crippen molar-refractivity contribution in [2.75, 3.05) is 25.0 Å². The number of nitrogens with one attached hydrogen (secondary N) is 2. The quantitative estimate of drug-likeness (QED) is 0.687. The molecule has 0 radical (unpaired) electrons. The zero-order valence-corrected chi connectivity index (χ0v) is 13.5. The smallest absolute Gasteiger partial charge is 0.254 e. The lowest BCUT2D eigenvalue weighted by Gasteiger charge is -2.12. The van der Waals surface area contributed by atoms with E-state index in [0.717, 1.165) is 37.4 Å². The molecule has 0 aromatic carbocycles. The molecule has 2 N–H and O–H groups in total. The van der Waals surface area contributed by atoms with E-state index in [-0.39, 0.29) is 12.0 Å². The average molecular weight is 293 g/mol. The number of hydrogen-bond donors (Lipinski definition) is 2. The minimum absolute atomic E-state index is 0.0803. The number of hydrogen-bond acceptors (Lipinski definition) is 4. The monoisotopic (exact) mass is 293 g/mol. The Morgan fingerprint density at radius 3 is 2.81 bits per heavy atom. The number of rotatable bonds is 9. The van der Waals surface area contributed by atoms with Crippen molar-refractivity contribution in [1.82, 2.24) is 10.3 Å². The highest BCUT2D eigenvalue weighted by Gasteiger charge is 2.11. The minimum atomic E-state index is -0.0803. The summed E-state index contributed by atoms with van der Waals surface area (Å²) in [6.45, 7) is 10.1. The van der Waals surface area contributed by atoms with Crippen LogP contribution in [-0.4, -0.2) is 36.7 Å². The van der Waals surface area contributed by atoms with Gasteiger partial charge >= 0.3 is 0 Å². The number of aromatic nitrogens is 1. The Labute approximate surface area is 127 Å². The summed E-state index contributed by atoms with van der Waals surface area (Å²) in [5, 5.41) is 6.13. The molecular weight excluding hydrogens is 266 g/mol. The van der Waals surface area contributed by atoms with E-state index >= 15 is 0 Å². The number of nitrogens with zero attached hydrogens (tertiary/aromatic N) is 1. The van der Waals surface area contributed by atoms with Crippen molar-refractivity contribution in [2.24, 2.45) is 0 Å². The molecule has 0 aliphatic carbocycles. The van der Waals surface area contributed by atoms with Crippen LogP contribution in [0.5, 0.6) is 0 Å². The fourth-order valence-electron chi connectivity index (χ4n) is 1.92. The van der Waals surface area contributed by atoms with Crippen LogP contribution in [0, 0.1) is 6.92 Å². The molecule has 0 fully saturated rings. The van der Waals surface area contributed by atoms with Gasteiger partial charge in [-0.3, -0.25) is 9.78 Å². The van der Waals surface area contributed by atoms with Gasteiger partial charge in [0, 0.05) is 31.6 Å². The second-order valence-corrected chi connectivity index (χ2v) is 5.28. The summed E-state index contributed by atoms with van der Waals surface area (Å²) in [6, 6.07) is 1.90. The lowest BCUT2D eigenvalue weighted by Crippen LogP contribution is -2.26. The third-order valence-electron chi connectivity index (χ3n) is 2.96. The van der Waals surface area contributed by atoms with Crippen LogP contribution < -0.4 is 10.6 Å². The standard InChI is InChI=1S/C16H27N3O2/c1-5-17-15-10-13(4)19-11-14(15)16(20)18-8-6-7-9-21-12(2)3/h10-12H,5-9H2,1-4H3,(H,17,19)(H,18,20). The first-order chi connectivity index (χ1) is 10.0. The summed E-state index contributed by atoms with van der Waals surface area (Å²) < 4.78 is 5.47. The maximum Gasteiger partial charge on any atom is 0.254 e. The average Bonchev–Trinajstić information content (AvgIpc) is 2.42. The Morgan fingerprint density at radius 1 is 1.38 bits per heavy atom. The molecule has 0 unspecified atom stereocenters. The van der Waals surface area contributed by atoms with Crippen molar-refractivity contribution in [3.8, 4) is 0 Å². The van der Waals surface area contributed by atoms with Crippen LogP contribution in [0.3, 0.4) is 0 Å². The number of carbonyl (C=O) groups is 1. The topological polar surface area (TPSA) is 63.2 Å². The van der Waals surface area contributed by atoms with Gasteiger partial charge < -0.3 is 15.4 Å². The van der Waals surface area contributed by atoms with Crippen molar-refractivity contribution in [3.05, 3.63) is 23.5 Å². The van der Waals surface area contributed by atoms with Crippen molar-refractivity contribution >= 4 is 11.6 Å². The molecule has 0 aliphatic heterocycles. The SMILES string of the molecule is CCNc1cc(C)ncc1C(=O)NCCCCOC(C)C. The number of anilines is 1. The first-order valence-corrected chi connectivity index (χ1v) is 7.65. The van der Waals surface area contributed by atoms with Gasteiger partial charge in [0.15, 0.2) is 0 Å². The first-order valence-electron chi connectivity index (χ1n) is 7.65. The third kappa shape index (κ3) is 6.58. The van der Waals surface area contributed by atoms with Gasteiger partial charge in [-0.25, -0.2) is 0 Å². The summed E-state index contributed by atoms with van der Waals surface area (Å²) in [7, 11) is 0. The van der Waals surface area contributed by atoms with E-state index in [0.29, 0.717) is 12.1 Å². The van der Waals surface area contributed by atoms with Gasteiger partial charge in [0.1, 0.15) is 0 Å². The van der Waals surface area contributed by atoms with E-state index < -0.39 is 0 Å². The fourth-order valence-corrected chi connectivity index (χ4v) is 1.92. The van der Waals surface area contributed by atoms with Gasteiger partial charge in [-0.15, -0.1) is 0 Å². The van der Waals surface area contributed by atoms with Crippen LogP contribution >= 0.6 is 0 Å². The summed E-state index contributed by atoms with van der Waals surface area (Å²) in [6.07, 6.45) is 3.75. The largest absolute Gasteiger partial charge is 0.385 e. The van der Waals surface area contributed by atoms with Gasteiger partial charge in [0.2, 0.25) is 0 Å². The van der Waals surface area contributed by atoms with Gasteiger partial charge in [0.25, 0.3) is 5.91 Å². The van der Waals surface area contributed by atoms with Crippen LogP contribution in [-0.2, 0) is 4.74 Å². The second-order valence-electron chi connectivity index (χ2n) is 5.28. The van der Waals surface area contributed by atoms with Crippen molar-refractivity contribution < 1.29 is 9.53 Å². The Morgan fingerprint density at radius 2 is 2.14 bits per heavy atom. The summed E-state index contributed by atoms with van der Waals surface area (Å²) in [4.78, 5) is 16.4. The fraction of sp³-hybridized carbons (Fsp3) is 0.625. The van der Waals surface area contributed by atoms with Crippen LogP contribution in [0.25, 0.3) is 0 Å². The maximum absolute atomic E-state index is 12.2. The van der Waals surface area contributed by atoms with Crippen LogP contribution in [0.1, 0.15) is 49.7 Å². The zero-order valence-electron chi connectivity index (χ0n) is 13.5. The summed E-state index contributed by atoms with van der Waals surface area (Å²) in [5.41, 5.74) is 2.33. The number of pyridine rings is 1. The van der Waals surface area contributed by atoms with Crippen molar-refractivity contribution in [3.63, 3.8) is 0 Å². The second kappa shape index (κ2) is 9.34. The predicted octanol–water partition coefficient (Wildman–Crippen LogP) is 2.76. The molecule has 0 atom stereocenters. The maximum atomic E-state index is 12.2. The van der Waals surface area contributed by atoms with E-state index in [4.69, 9.17) is 4.74 Å². The molecule has 21 heavy (non-hydrogen) atoms. The lowest BCUT2D eigenvalue weighted by atomic mass is 10.2. The Bertz CT molecular complexity index is 447. The number of aryl methyl sites for hydroxylation is 1. The highest BCUT2D eigenvalue weighted by atomic mass is 16.5. The molecule has 1 rings (SSSR count). The molecule has 0 aliphatic rings. The highest BCUT2D eigenvalue weighted by molar-refractivity contribution is 5.99. The molecule has 0 bridgehead atoms. The lowest BCUT2D eigenvalue weighted by molar-refractivity contribution is 0.0754. The molecular formula is C16H27N3O2. The Balaban J connectivity index is 2.41. The molecule has 1 amide bonds. The molecule has 5 heteroatoms. The van der Waals surface area contributed by atoms with Crippen LogP contribution in [0.2, 0.25) is 0 Å². The molecule has 1 heterocycles. The number of amides is 1. The van der Waals surface area contributed by atoms with Crippen LogP contribution in [0.4, 0.5) is 5.69 Å². The Kier molecular flexibility index (Phi) is 7.75. The molecule has 0 spiro atoms. The van der Waals surface area contributed by atoms with Gasteiger partial charge in [-0.05, 0) is 46.6 Å². The van der Waals surface area contributed by atoms with Gasteiger partial charge in [0.05, 0.1) is 17.4 Å². The van der Waals surface area contributed by atoms with E-state index in [1.165, 1.54) is 0 Å². The molecule has 1 aromatic heterocycles. The molecule has 0 saturated heterocycles. The van der Waals surface area contributed by atoms with Crippen LogP contribution in [0.15, 0.2) is 12.3 Å². The first kappa shape index (κ1) is 17.4. The van der Waals surface area contributed by atoms with Gasteiger partial charge in [-0.1, -0.05) is 0 Å². The Hall–Kier alpha value is -1.62. The zero-order chi connectivity index (χ0) is 15.7. The van der Waals surface area contributed by atoms with E-state index in [2.05, 4.69) is 15.6 Å². The van der Waals surface area contributed by atoms with E-state index in [1.807, 2.05) is 33.8 Å². The summed E-state index contributed by atoms with van der Waals surface area (Å²) >= 11 is 0. The normalized spacial score (nSPS) is 10.7. The van der Waals surface area contributed by atoms with Crippen molar-refractivity contribution in [2.45, 2.75) is 46.6 Å². The van der Waals surface area contributed by atoms with E-state index in [9.17, 15) is 4.79 Å². The molecule has 5 nitrogen and oxygen atoms in total. The third-order valence-corrected chi connectivity index (χ3v) is 2.96. The van der Waals surface area contributed by atoms with Crippen molar-refractivity contribution in [1.29, 1.82) is 0 Å². The summed E-state index contributed by atoms with van der Waals surface area (Å²) in [5.74, 6) is -0.0803. The number of carbonyl (C=O) groups excluding carboxylic acids is 1. The molecule has 118 valence electrons. The molecule has 1 aromatic rings. The van der Waals surface area contributed by atoms with Gasteiger partial charge in [-0.2, -0.15) is 0 Å². The van der Waals surface area contributed by atoms with E-state index in [1.54, 1.807) is 6.20 Å². The highest BCUT2D eigenvalue weighted by Crippen LogP contribution is 2.15. The minimum Gasteiger partial charge on any atom is -0.385 e. The number of unbranched alkanes of at least 4 members (excludes halogenated alkanes) is 1. The predicted molar refractivity (Wildman–Crippen MR) is 85.8 cm³/mol.